The van der Waals surface area contributed by atoms with Crippen molar-refractivity contribution in [3.63, 3.8) is 0 Å². The molecule has 1 amide bonds. The average molecular weight is 302 g/mol. The van der Waals surface area contributed by atoms with Crippen LogP contribution in [0.2, 0.25) is 0 Å². The minimum atomic E-state index is -0.234. The van der Waals surface area contributed by atoms with Gasteiger partial charge in [-0.05, 0) is 24.8 Å². The van der Waals surface area contributed by atoms with Crippen LogP contribution < -0.4 is 10.9 Å². The molecule has 3 aromatic rings. The van der Waals surface area contributed by atoms with Gasteiger partial charge in [0.05, 0.1) is 0 Å². The lowest BCUT2D eigenvalue weighted by atomic mass is 10.3. The number of aromatic nitrogens is 3. The summed E-state index contributed by atoms with van der Waals surface area (Å²) in [6.45, 7) is 2.28. The molecule has 3 aromatic heterocycles. The maximum atomic E-state index is 12.2. The molecule has 108 valence electrons. The quantitative estimate of drug-likeness (QED) is 0.764. The van der Waals surface area contributed by atoms with Crippen molar-refractivity contribution in [2.75, 3.05) is 6.54 Å². The van der Waals surface area contributed by atoms with Crippen LogP contribution in [0.1, 0.15) is 20.9 Å². The molecule has 0 fully saturated rings. The van der Waals surface area contributed by atoms with Gasteiger partial charge in [-0.15, -0.1) is 11.3 Å². The Morgan fingerprint density at radius 1 is 1.52 bits per heavy atom. The Morgan fingerprint density at radius 3 is 3.14 bits per heavy atom. The summed E-state index contributed by atoms with van der Waals surface area (Å²) >= 11 is 1.66. The van der Waals surface area contributed by atoms with E-state index in [1.165, 1.54) is 21.7 Å². The summed E-state index contributed by atoms with van der Waals surface area (Å²) in [5.41, 5.74) is 1.10. The molecule has 7 heteroatoms. The highest BCUT2D eigenvalue weighted by Crippen LogP contribution is 2.09. The van der Waals surface area contributed by atoms with E-state index < -0.39 is 0 Å². The zero-order valence-electron chi connectivity index (χ0n) is 11.4. The first-order chi connectivity index (χ1) is 10.1. The lowest BCUT2D eigenvalue weighted by molar-refractivity contribution is 0.0955. The molecule has 0 aliphatic rings. The number of nitrogens with zero attached hydrogens (tertiary/aromatic N) is 2. The summed E-state index contributed by atoms with van der Waals surface area (Å²) in [6.07, 6.45) is 2.29. The number of rotatable bonds is 4. The first-order valence-corrected chi connectivity index (χ1v) is 7.41. The second-order valence-electron chi connectivity index (χ2n) is 4.67. The summed E-state index contributed by atoms with van der Waals surface area (Å²) in [5.74, 6) is -0.234. The molecule has 3 heterocycles. The van der Waals surface area contributed by atoms with Crippen LogP contribution in [0.25, 0.3) is 5.65 Å². The first-order valence-electron chi connectivity index (χ1n) is 6.53. The van der Waals surface area contributed by atoms with Crippen molar-refractivity contribution in [3.05, 3.63) is 56.3 Å². The van der Waals surface area contributed by atoms with Gasteiger partial charge < -0.3 is 5.32 Å². The third kappa shape index (κ3) is 2.73. The van der Waals surface area contributed by atoms with Crippen LogP contribution in [0.4, 0.5) is 0 Å². The van der Waals surface area contributed by atoms with Crippen LogP contribution in [0.15, 0.2) is 34.6 Å². The van der Waals surface area contributed by atoms with Gasteiger partial charge in [0, 0.05) is 29.4 Å². The average Bonchev–Trinajstić information content (AvgIpc) is 3.07. The molecule has 0 aliphatic carbocycles. The van der Waals surface area contributed by atoms with Gasteiger partial charge >= 0.3 is 0 Å². The number of nitrogens with one attached hydrogen (secondary N) is 2. The van der Waals surface area contributed by atoms with E-state index in [4.69, 9.17) is 0 Å². The highest BCUT2D eigenvalue weighted by molar-refractivity contribution is 7.09. The van der Waals surface area contributed by atoms with Gasteiger partial charge in [0.25, 0.3) is 11.5 Å². The molecule has 0 spiro atoms. The number of fused-ring (bicyclic) bond motifs is 1. The molecule has 0 atom stereocenters. The second kappa shape index (κ2) is 5.53. The van der Waals surface area contributed by atoms with E-state index >= 15 is 0 Å². The highest BCUT2D eigenvalue weighted by atomic mass is 32.1. The van der Waals surface area contributed by atoms with Crippen LogP contribution in [0.3, 0.4) is 0 Å². The fourth-order valence-corrected chi connectivity index (χ4v) is 2.82. The number of hydrogen-bond acceptors (Lipinski definition) is 4. The van der Waals surface area contributed by atoms with Crippen LogP contribution in [0.5, 0.6) is 0 Å². The first kappa shape index (κ1) is 13.6. The van der Waals surface area contributed by atoms with Gasteiger partial charge in [-0.1, -0.05) is 6.07 Å². The smallest absolute Gasteiger partial charge is 0.272 e. The Kier molecular flexibility index (Phi) is 3.57. The predicted octanol–water partition coefficient (Wildman–Crippen LogP) is 1.37. The summed E-state index contributed by atoms with van der Waals surface area (Å²) in [7, 11) is 0. The number of H-pyrrole nitrogens is 1. The van der Waals surface area contributed by atoms with E-state index in [0.717, 1.165) is 6.42 Å². The fourth-order valence-electron chi connectivity index (χ4n) is 2.11. The van der Waals surface area contributed by atoms with E-state index in [-0.39, 0.29) is 11.5 Å². The van der Waals surface area contributed by atoms with E-state index in [1.807, 2.05) is 17.5 Å². The topological polar surface area (TPSA) is 79.3 Å². The lowest BCUT2D eigenvalue weighted by Crippen LogP contribution is -2.26. The van der Waals surface area contributed by atoms with Crippen molar-refractivity contribution >= 4 is 22.9 Å². The van der Waals surface area contributed by atoms with Crippen molar-refractivity contribution in [1.82, 2.24) is 19.9 Å². The van der Waals surface area contributed by atoms with Crippen LogP contribution in [0, 0.1) is 6.92 Å². The Balaban J connectivity index is 1.77. The standard InChI is InChI=1S/C14H14N4O2S/c1-9-7-12(19)18-13(17-9)11(8-16-18)14(20)15-5-4-10-3-2-6-21-10/h2-3,6-8,16H,4-5H2,1H3,(H,15,20). The molecule has 0 saturated carbocycles. The fraction of sp³-hybridized carbons (Fsp3) is 0.214. The van der Waals surface area contributed by atoms with Crippen LogP contribution >= 0.6 is 11.3 Å². The number of aryl methyl sites for hydroxylation is 1. The van der Waals surface area contributed by atoms with Crippen molar-refractivity contribution < 1.29 is 4.79 Å². The number of carbonyl (C=O) groups is 1. The normalized spacial score (nSPS) is 10.9. The molecule has 0 radical (unpaired) electrons. The maximum absolute atomic E-state index is 12.2. The van der Waals surface area contributed by atoms with Gasteiger partial charge in [0.1, 0.15) is 5.56 Å². The van der Waals surface area contributed by atoms with Gasteiger partial charge in [-0.3, -0.25) is 14.7 Å². The van der Waals surface area contributed by atoms with Crippen molar-refractivity contribution in [1.29, 1.82) is 0 Å². The number of aromatic amines is 1. The van der Waals surface area contributed by atoms with E-state index in [2.05, 4.69) is 15.4 Å². The van der Waals surface area contributed by atoms with Crippen molar-refractivity contribution in [2.45, 2.75) is 13.3 Å². The SMILES string of the molecule is Cc1cc(=O)n2[nH]cc(C(=O)NCCc3cccs3)c2n1. The Morgan fingerprint density at radius 2 is 2.38 bits per heavy atom. The van der Waals surface area contributed by atoms with Gasteiger partial charge in [-0.25, -0.2) is 9.50 Å². The Labute approximate surface area is 124 Å². The van der Waals surface area contributed by atoms with Crippen molar-refractivity contribution in [3.8, 4) is 0 Å². The lowest BCUT2D eigenvalue weighted by Gasteiger charge is -2.03. The number of carbonyl (C=O) groups excluding carboxylic acids is 1. The second-order valence-corrected chi connectivity index (χ2v) is 5.70. The summed E-state index contributed by atoms with van der Waals surface area (Å²) in [4.78, 5) is 29.4. The van der Waals surface area contributed by atoms with E-state index in [1.54, 1.807) is 18.3 Å². The van der Waals surface area contributed by atoms with Crippen molar-refractivity contribution in [2.24, 2.45) is 0 Å². The zero-order chi connectivity index (χ0) is 14.8. The molecule has 0 unspecified atom stereocenters. The zero-order valence-corrected chi connectivity index (χ0v) is 12.2. The summed E-state index contributed by atoms with van der Waals surface area (Å²) in [6, 6.07) is 5.44. The molecule has 21 heavy (non-hydrogen) atoms. The summed E-state index contributed by atoms with van der Waals surface area (Å²) in [5, 5.41) is 7.61. The maximum Gasteiger partial charge on any atom is 0.272 e. The Hall–Kier alpha value is -2.41. The molecule has 2 N–H and O–H groups in total. The van der Waals surface area contributed by atoms with E-state index in [0.29, 0.717) is 23.4 Å². The van der Waals surface area contributed by atoms with E-state index in [9.17, 15) is 9.59 Å². The predicted molar refractivity (Wildman–Crippen MR) is 80.9 cm³/mol. The van der Waals surface area contributed by atoms with Crippen LogP contribution in [-0.2, 0) is 6.42 Å². The number of hydrogen-bond donors (Lipinski definition) is 2. The molecular formula is C14H14N4O2S. The third-order valence-electron chi connectivity index (χ3n) is 3.11. The number of thiophene rings is 1. The molecule has 3 rings (SSSR count). The highest BCUT2D eigenvalue weighted by Gasteiger charge is 2.14. The summed E-state index contributed by atoms with van der Waals surface area (Å²) < 4.78 is 1.27. The monoisotopic (exact) mass is 302 g/mol. The molecule has 0 saturated heterocycles. The van der Waals surface area contributed by atoms with Gasteiger partial charge in [0.15, 0.2) is 5.65 Å². The largest absolute Gasteiger partial charge is 0.352 e. The third-order valence-corrected chi connectivity index (χ3v) is 4.04. The van der Waals surface area contributed by atoms with Crippen LogP contribution in [-0.4, -0.2) is 27.0 Å². The molecule has 6 nitrogen and oxygen atoms in total. The number of amides is 1. The molecule has 0 aromatic carbocycles. The minimum absolute atomic E-state index is 0.227. The molecule has 0 aliphatic heterocycles. The van der Waals surface area contributed by atoms with Gasteiger partial charge in [-0.2, -0.15) is 0 Å². The molecule has 0 bridgehead atoms. The van der Waals surface area contributed by atoms with Gasteiger partial charge in [0.2, 0.25) is 0 Å². The molecular weight excluding hydrogens is 288 g/mol. The minimum Gasteiger partial charge on any atom is -0.352 e. The Bertz CT molecular complexity index is 832.